The van der Waals surface area contributed by atoms with Gasteiger partial charge in [-0.15, -0.1) is 0 Å². The molecule has 2 aromatic carbocycles. The van der Waals surface area contributed by atoms with Crippen LogP contribution in [0.5, 0.6) is 0 Å². The lowest BCUT2D eigenvalue weighted by Gasteiger charge is -2.35. The summed E-state index contributed by atoms with van der Waals surface area (Å²) in [7, 11) is 0. The van der Waals surface area contributed by atoms with E-state index in [-0.39, 0.29) is 29.2 Å². The van der Waals surface area contributed by atoms with Crippen LogP contribution in [0.4, 0.5) is 11.4 Å². The average Bonchev–Trinajstić information content (AvgIpc) is 2.83. The van der Waals surface area contributed by atoms with Crippen molar-refractivity contribution < 1.29 is 19.2 Å². The molecule has 1 heterocycles. The Balaban J connectivity index is 1.51. The van der Waals surface area contributed by atoms with Crippen molar-refractivity contribution in [3.8, 4) is 0 Å². The summed E-state index contributed by atoms with van der Waals surface area (Å²) in [6.07, 6.45) is 0.596. The van der Waals surface area contributed by atoms with Crippen molar-refractivity contribution >= 4 is 23.2 Å². The minimum atomic E-state index is -0.470. The number of nitrogens with zero attached hydrogens (tertiary/aromatic N) is 3. The van der Waals surface area contributed by atoms with Crippen LogP contribution in [-0.2, 0) is 9.53 Å². The maximum Gasteiger partial charge on any atom is 0.293 e. The van der Waals surface area contributed by atoms with E-state index in [4.69, 9.17) is 4.74 Å². The number of anilines is 1. The van der Waals surface area contributed by atoms with Gasteiger partial charge in [0.15, 0.2) is 0 Å². The molecule has 33 heavy (non-hydrogen) atoms. The van der Waals surface area contributed by atoms with Gasteiger partial charge < -0.3 is 19.9 Å². The Kier molecular flexibility index (Phi) is 8.37. The highest BCUT2D eigenvalue weighted by molar-refractivity contribution is 5.95. The quantitative estimate of drug-likeness (QED) is 0.355. The smallest absolute Gasteiger partial charge is 0.293 e. The number of nitro benzene ring substituents is 1. The molecule has 1 aliphatic heterocycles. The summed E-state index contributed by atoms with van der Waals surface area (Å²) in [4.78, 5) is 38.8. The van der Waals surface area contributed by atoms with E-state index in [1.807, 2.05) is 42.2 Å². The standard InChI is InChI=1S/C24H30N4O5/c1-18(20-7-4-3-5-8-20)33-16-6-11-25-24(30)21-9-10-22(23(17-21)28(31)32)27-14-12-26(13-15-27)19(2)29/h3-5,7-10,17-18H,6,11-16H2,1-2H3,(H,25,30). The fourth-order valence-electron chi connectivity index (χ4n) is 3.80. The van der Waals surface area contributed by atoms with Crippen molar-refractivity contribution in [2.75, 3.05) is 44.2 Å². The number of benzene rings is 2. The molecular formula is C24H30N4O5. The average molecular weight is 455 g/mol. The van der Waals surface area contributed by atoms with Gasteiger partial charge in [0.05, 0.1) is 11.0 Å². The molecule has 0 bridgehead atoms. The van der Waals surface area contributed by atoms with Gasteiger partial charge in [-0.05, 0) is 31.0 Å². The van der Waals surface area contributed by atoms with Crippen molar-refractivity contribution in [2.45, 2.75) is 26.4 Å². The second-order valence-electron chi connectivity index (χ2n) is 7.99. The Morgan fingerprint density at radius 3 is 2.45 bits per heavy atom. The van der Waals surface area contributed by atoms with Crippen LogP contribution in [0, 0.1) is 10.1 Å². The van der Waals surface area contributed by atoms with Crippen LogP contribution in [-0.4, -0.2) is 61.0 Å². The molecule has 1 fully saturated rings. The van der Waals surface area contributed by atoms with E-state index in [0.717, 1.165) is 5.56 Å². The Morgan fingerprint density at radius 2 is 1.82 bits per heavy atom. The van der Waals surface area contributed by atoms with E-state index in [1.54, 1.807) is 17.0 Å². The fourth-order valence-corrected chi connectivity index (χ4v) is 3.80. The normalized spacial score (nSPS) is 14.6. The number of piperazine rings is 1. The van der Waals surface area contributed by atoms with Gasteiger partial charge in [-0.2, -0.15) is 0 Å². The number of hydrogen-bond donors (Lipinski definition) is 1. The molecule has 0 aliphatic carbocycles. The number of nitro groups is 1. The third kappa shape index (κ3) is 6.52. The van der Waals surface area contributed by atoms with Crippen molar-refractivity contribution in [1.29, 1.82) is 0 Å². The first kappa shape index (κ1) is 24.2. The molecule has 1 atom stereocenters. The first-order chi connectivity index (χ1) is 15.9. The third-order valence-corrected chi connectivity index (χ3v) is 5.74. The topological polar surface area (TPSA) is 105 Å². The SMILES string of the molecule is CC(=O)N1CCN(c2ccc(C(=O)NCCCOC(C)c3ccccc3)cc2[N+](=O)[O-])CC1. The van der Waals surface area contributed by atoms with Crippen molar-refractivity contribution in [3.63, 3.8) is 0 Å². The van der Waals surface area contributed by atoms with Crippen LogP contribution in [0.15, 0.2) is 48.5 Å². The molecule has 9 nitrogen and oxygen atoms in total. The number of carbonyl (C=O) groups is 2. The summed E-state index contributed by atoms with van der Waals surface area (Å²) in [5, 5.41) is 14.5. The van der Waals surface area contributed by atoms with E-state index in [2.05, 4.69) is 5.32 Å². The number of hydrogen-bond acceptors (Lipinski definition) is 6. The summed E-state index contributed by atoms with van der Waals surface area (Å²) in [6, 6.07) is 14.4. The van der Waals surface area contributed by atoms with E-state index in [1.165, 1.54) is 13.0 Å². The zero-order valence-corrected chi connectivity index (χ0v) is 19.0. The van der Waals surface area contributed by atoms with Crippen LogP contribution in [0.2, 0.25) is 0 Å². The van der Waals surface area contributed by atoms with Gasteiger partial charge in [-0.1, -0.05) is 30.3 Å². The predicted octanol–water partition coefficient (Wildman–Crippen LogP) is 3.16. The van der Waals surface area contributed by atoms with Crippen LogP contribution in [0.1, 0.15) is 42.3 Å². The highest BCUT2D eigenvalue weighted by atomic mass is 16.6. The lowest BCUT2D eigenvalue weighted by Crippen LogP contribution is -2.48. The molecule has 9 heteroatoms. The minimum Gasteiger partial charge on any atom is -0.374 e. The van der Waals surface area contributed by atoms with Crippen LogP contribution >= 0.6 is 0 Å². The third-order valence-electron chi connectivity index (χ3n) is 5.74. The number of ether oxygens (including phenoxy) is 1. The van der Waals surface area contributed by atoms with E-state index in [0.29, 0.717) is 51.4 Å². The molecule has 1 N–H and O–H groups in total. The maximum absolute atomic E-state index is 12.5. The van der Waals surface area contributed by atoms with Gasteiger partial charge in [0.2, 0.25) is 5.91 Å². The first-order valence-electron chi connectivity index (χ1n) is 11.1. The first-order valence-corrected chi connectivity index (χ1v) is 11.1. The molecule has 1 aliphatic rings. The Morgan fingerprint density at radius 1 is 1.12 bits per heavy atom. The molecule has 0 radical (unpaired) electrons. The van der Waals surface area contributed by atoms with Crippen LogP contribution < -0.4 is 10.2 Å². The molecule has 1 saturated heterocycles. The zero-order chi connectivity index (χ0) is 23.8. The predicted molar refractivity (Wildman–Crippen MR) is 125 cm³/mol. The summed E-state index contributed by atoms with van der Waals surface area (Å²) in [6.45, 7) is 6.43. The summed E-state index contributed by atoms with van der Waals surface area (Å²) >= 11 is 0. The highest BCUT2D eigenvalue weighted by Gasteiger charge is 2.25. The number of nitrogens with one attached hydrogen (secondary N) is 1. The molecule has 0 spiro atoms. The van der Waals surface area contributed by atoms with E-state index in [9.17, 15) is 19.7 Å². The lowest BCUT2D eigenvalue weighted by molar-refractivity contribution is -0.384. The summed E-state index contributed by atoms with van der Waals surface area (Å²) < 4.78 is 5.80. The number of amides is 2. The summed E-state index contributed by atoms with van der Waals surface area (Å²) in [5.74, 6) is -0.363. The Bertz CT molecular complexity index is 974. The van der Waals surface area contributed by atoms with Crippen molar-refractivity contribution in [2.24, 2.45) is 0 Å². The molecule has 2 amide bonds. The monoisotopic (exact) mass is 454 g/mol. The van der Waals surface area contributed by atoms with Gasteiger partial charge in [0.25, 0.3) is 11.6 Å². The largest absolute Gasteiger partial charge is 0.374 e. The van der Waals surface area contributed by atoms with E-state index >= 15 is 0 Å². The molecule has 0 saturated carbocycles. The minimum absolute atomic E-state index is 0.00362. The van der Waals surface area contributed by atoms with Crippen LogP contribution in [0.3, 0.4) is 0 Å². The molecular weight excluding hydrogens is 424 g/mol. The van der Waals surface area contributed by atoms with Gasteiger partial charge in [-0.25, -0.2) is 0 Å². The van der Waals surface area contributed by atoms with Gasteiger partial charge in [0.1, 0.15) is 5.69 Å². The molecule has 1 unspecified atom stereocenters. The van der Waals surface area contributed by atoms with Crippen molar-refractivity contribution in [3.05, 3.63) is 69.8 Å². The van der Waals surface area contributed by atoms with Gasteiger partial charge >= 0.3 is 0 Å². The second-order valence-corrected chi connectivity index (χ2v) is 7.99. The lowest BCUT2D eigenvalue weighted by atomic mass is 10.1. The second kappa shape index (κ2) is 11.4. The van der Waals surface area contributed by atoms with Crippen molar-refractivity contribution in [1.82, 2.24) is 10.2 Å². The molecule has 0 aromatic heterocycles. The maximum atomic E-state index is 12.5. The number of rotatable bonds is 9. The fraction of sp³-hybridized carbons (Fsp3) is 0.417. The zero-order valence-electron chi connectivity index (χ0n) is 19.0. The van der Waals surface area contributed by atoms with Gasteiger partial charge in [-0.3, -0.25) is 19.7 Å². The van der Waals surface area contributed by atoms with Gasteiger partial charge in [0, 0.05) is 57.9 Å². The molecule has 3 rings (SSSR count). The Labute approximate surface area is 193 Å². The highest BCUT2D eigenvalue weighted by Crippen LogP contribution is 2.30. The molecule has 2 aromatic rings. The number of carbonyl (C=O) groups excluding carboxylic acids is 2. The Hall–Kier alpha value is -3.46. The van der Waals surface area contributed by atoms with Crippen LogP contribution in [0.25, 0.3) is 0 Å². The van der Waals surface area contributed by atoms with E-state index < -0.39 is 4.92 Å². The molecule has 176 valence electrons. The summed E-state index contributed by atoms with van der Waals surface area (Å²) in [5.41, 5.74) is 1.69.